The van der Waals surface area contributed by atoms with Crippen molar-refractivity contribution in [1.82, 2.24) is 34.9 Å². The molecule has 0 fully saturated rings. The molecule has 0 saturated heterocycles. The van der Waals surface area contributed by atoms with Gasteiger partial charge < -0.3 is 0 Å². The lowest BCUT2D eigenvalue weighted by Crippen LogP contribution is -2.00. The summed E-state index contributed by atoms with van der Waals surface area (Å²) < 4.78 is 0. The fraction of sp³-hybridized carbons (Fsp3) is 0. The van der Waals surface area contributed by atoms with Gasteiger partial charge in [0, 0.05) is 27.8 Å². The van der Waals surface area contributed by atoms with Gasteiger partial charge in [0.1, 0.15) is 0 Å². The van der Waals surface area contributed by atoms with E-state index in [1.54, 1.807) is 0 Å². The zero-order valence-electron chi connectivity index (χ0n) is 30.0. The summed E-state index contributed by atoms with van der Waals surface area (Å²) >= 11 is 0. The molecule has 0 amide bonds. The van der Waals surface area contributed by atoms with Gasteiger partial charge in [0.05, 0.1) is 45.8 Å². The van der Waals surface area contributed by atoms with E-state index in [1.807, 2.05) is 122 Å². The largest absolute Gasteiger partial charge is 0.252 e. The van der Waals surface area contributed by atoms with Gasteiger partial charge in [-0.05, 0) is 64.7 Å². The summed E-state index contributed by atoms with van der Waals surface area (Å²) in [6, 6.07) is 59.4. The lowest BCUT2D eigenvalue weighted by Gasteiger charge is -2.13. The molecule has 10 rings (SSSR count). The van der Waals surface area contributed by atoms with Crippen LogP contribution in [-0.4, -0.2) is 34.9 Å². The fourth-order valence-electron chi connectivity index (χ4n) is 6.89. The highest BCUT2D eigenvalue weighted by Gasteiger charge is 2.15. The highest BCUT2D eigenvalue weighted by molar-refractivity contribution is 5.83. The van der Waals surface area contributed by atoms with Crippen LogP contribution in [-0.2, 0) is 0 Å². The van der Waals surface area contributed by atoms with Crippen LogP contribution < -0.4 is 0 Å². The van der Waals surface area contributed by atoms with Crippen LogP contribution in [0.2, 0.25) is 0 Å². The van der Waals surface area contributed by atoms with Crippen LogP contribution in [0.5, 0.6) is 0 Å². The number of aromatic nitrogens is 7. The first-order chi connectivity index (χ1) is 27.7. The van der Waals surface area contributed by atoms with E-state index >= 15 is 0 Å². The molecular formula is C49H31N7. The van der Waals surface area contributed by atoms with E-state index in [0.29, 0.717) is 17.5 Å². The number of benzene rings is 7. The number of para-hydroxylation sites is 4. The van der Waals surface area contributed by atoms with Gasteiger partial charge in [-0.2, -0.15) is 0 Å². The molecule has 7 aromatic carbocycles. The van der Waals surface area contributed by atoms with Crippen LogP contribution in [0.25, 0.3) is 101 Å². The number of hydrogen-bond donors (Lipinski definition) is 0. The molecule has 0 bridgehead atoms. The monoisotopic (exact) mass is 717 g/mol. The van der Waals surface area contributed by atoms with Crippen LogP contribution >= 0.6 is 0 Å². The normalized spacial score (nSPS) is 11.2. The summed E-state index contributed by atoms with van der Waals surface area (Å²) in [5.41, 5.74) is 14.0. The molecule has 0 spiro atoms. The topological polar surface area (TPSA) is 90.2 Å². The summed E-state index contributed by atoms with van der Waals surface area (Å²) in [6.45, 7) is 0. The van der Waals surface area contributed by atoms with Gasteiger partial charge >= 0.3 is 0 Å². The maximum absolute atomic E-state index is 5.07. The molecule has 3 heterocycles. The Morgan fingerprint density at radius 3 is 1.00 bits per heavy atom. The smallest absolute Gasteiger partial charge is 0.164 e. The minimum Gasteiger partial charge on any atom is -0.252 e. The zero-order valence-corrected chi connectivity index (χ0v) is 30.0. The van der Waals surface area contributed by atoms with Crippen LogP contribution in [0.1, 0.15) is 0 Å². The van der Waals surface area contributed by atoms with Gasteiger partial charge in [-0.25, -0.2) is 24.9 Å². The second-order valence-electron chi connectivity index (χ2n) is 13.5. The zero-order chi connectivity index (χ0) is 37.3. The van der Waals surface area contributed by atoms with E-state index in [9.17, 15) is 0 Å². The molecule has 0 N–H and O–H groups in total. The van der Waals surface area contributed by atoms with Crippen LogP contribution in [0.3, 0.4) is 0 Å². The molecule has 262 valence electrons. The van der Waals surface area contributed by atoms with Gasteiger partial charge in [-0.1, -0.05) is 133 Å². The average Bonchev–Trinajstić information content (AvgIpc) is 3.29. The van der Waals surface area contributed by atoms with Gasteiger partial charge in [-0.3, -0.25) is 9.97 Å². The standard InChI is InChI=1S/C49H31N7/c1-3-11-36(12-4-1)47-54-48(37-13-5-2-6-14-37)56-49(55-47)40-28-38(32-19-23-34(24-20-32)45-30-50-41-15-7-9-17-43(41)52-45)27-39(29-40)33-21-25-35(26-22-33)46-31-51-42-16-8-10-18-44(42)53-46/h1-31H. The molecule has 10 aromatic rings. The number of nitrogens with zero attached hydrogens (tertiary/aromatic N) is 7. The predicted octanol–water partition coefficient (Wildman–Crippen LogP) is 11.4. The van der Waals surface area contributed by atoms with E-state index in [0.717, 1.165) is 83.5 Å². The molecule has 0 aliphatic heterocycles. The van der Waals surface area contributed by atoms with Crippen LogP contribution in [0, 0.1) is 0 Å². The lowest BCUT2D eigenvalue weighted by atomic mass is 9.94. The minimum atomic E-state index is 0.590. The maximum Gasteiger partial charge on any atom is 0.164 e. The Hall–Kier alpha value is -7.77. The summed E-state index contributed by atoms with van der Waals surface area (Å²) in [7, 11) is 0. The van der Waals surface area contributed by atoms with Crippen molar-refractivity contribution in [2.45, 2.75) is 0 Å². The Balaban J connectivity index is 1.09. The minimum absolute atomic E-state index is 0.590. The molecule has 7 heteroatoms. The van der Waals surface area contributed by atoms with Gasteiger partial charge in [0.2, 0.25) is 0 Å². The van der Waals surface area contributed by atoms with Crippen molar-refractivity contribution in [2.24, 2.45) is 0 Å². The summed E-state index contributed by atoms with van der Waals surface area (Å²) in [6.07, 6.45) is 3.66. The second-order valence-corrected chi connectivity index (χ2v) is 13.5. The third-order valence-corrected chi connectivity index (χ3v) is 9.82. The molecule has 3 aromatic heterocycles. The Labute approximate surface area is 323 Å². The highest BCUT2D eigenvalue weighted by atomic mass is 15.0. The van der Waals surface area contributed by atoms with E-state index in [4.69, 9.17) is 24.9 Å². The van der Waals surface area contributed by atoms with Crippen molar-refractivity contribution in [3.05, 3.63) is 188 Å². The summed E-state index contributed by atoms with van der Waals surface area (Å²) in [4.78, 5) is 34.1. The molecule has 0 radical (unpaired) electrons. The highest BCUT2D eigenvalue weighted by Crippen LogP contribution is 2.35. The van der Waals surface area contributed by atoms with Gasteiger partial charge in [0.25, 0.3) is 0 Å². The van der Waals surface area contributed by atoms with Crippen LogP contribution in [0.4, 0.5) is 0 Å². The van der Waals surface area contributed by atoms with Crippen molar-refractivity contribution < 1.29 is 0 Å². The number of hydrogen-bond acceptors (Lipinski definition) is 7. The Kier molecular flexibility index (Phi) is 8.35. The van der Waals surface area contributed by atoms with E-state index in [1.165, 1.54) is 0 Å². The fourth-order valence-corrected chi connectivity index (χ4v) is 6.89. The molecule has 56 heavy (non-hydrogen) atoms. The lowest BCUT2D eigenvalue weighted by molar-refractivity contribution is 1.07. The van der Waals surface area contributed by atoms with E-state index in [2.05, 4.69) is 76.7 Å². The molecule has 7 nitrogen and oxygen atoms in total. The molecular weight excluding hydrogens is 687 g/mol. The van der Waals surface area contributed by atoms with Crippen LogP contribution in [0.15, 0.2) is 188 Å². The van der Waals surface area contributed by atoms with Crippen molar-refractivity contribution in [2.75, 3.05) is 0 Å². The third kappa shape index (κ3) is 6.54. The Morgan fingerprint density at radius 1 is 0.232 bits per heavy atom. The Morgan fingerprint density at radius 2 is 0.571 bits per heavy atom. The second kappa shape index (κ2) is 14.2. The van der Waals surface area contributed by atoms with Crippen molar-refractivity contribution in [3.63, 3.8) is 0 Å². The predicted molar refractivity (Wildman–Crippen MR) is 224 cm³/mol. The first-order valence-electron chi connectivity index (χ1n) is 18.4. The molecule has 0 unspecified atom stereocenters. The van der Waals surface area contributed by atoms with Crippen molar-refractivity contribution >= 4 is 22.1 Å². The Bertz CT molecular complexity index is 2810. The van der Waals surface area contributed by atoms with E-state index in [-0.39, 0.29) is 0 Å². The average molecular weight is 718 g/mol. The van der Waals surface area contributed by atoms with E-state index < -0.39 is 0 Å². The van der Waals surface area contributed by atoms with Crippen molar-refractivity contribution in [3.8, 4) is 78.9 Å². The third-order valence-electron chi connectivity index (χ3n) is 9.82. The molecule has 0 atom stereocenters. The first-order valence-corrected chi connectivity index (χ1v) is 18.4. The van der Waals surface area contributed by atoms with Gasteiger partial charge in [0.15, 0.2) is 17.5 Å². The quantitative estimate of drug-likeness (QED) is 0.162. The SMILES string of the molecule is c1ccc(-c2nc(-c3ccccc3)nc(-c3cc(-c4ccc(-c5cnc6ccccc6n5)cc4)cc(-c4ccc(-c5cnc6ccccc6n5)cc4)c3)n2)cc1. The summed E-state index contributed by atoms with van der Waals surface area (Å²) in [5, 5.41) is 0. The number of rotatable bonds is 7. The van der Waals surface area contributed by atoms with Gasteiger partial charge in [-0.15, -0.1) is 0 Å². The summed E-state index contributed by atoms with van der Waals surface area (Å²) in [5.74, 6) is 1.82. The number of fused-ring (bicyclic) bond motifs is 2. The van der Waals surface area contributed by atoms with Crippen molar-refractivity contribution in [1.29, 1.82) is 0 Å². The molecule has 0 aliphatic carbocycles. The molecule has 0 aliphatic rings. The molecule has 0 saturated carbocycles. The first kappa shape index (κ1) is 32.8. The maximum atomic E-state index is 5.07.